The summed E-state index contributed by atoms with van der Waals surface area (Å²) in [5.41, 5.74) is 2.77. The second kappa shape index (κ2) is 7.48. The van der Waals surface area contributed by atoms with Crippen molar-refractivity contribution in [2.75, 3.05) is 4.72 Å². The molecule has 2 aliphatic rings. The summed E-state index contributed by atoms with van der Waals surface area (Å²) in [6, 6.07) is 12.8. The summed E-state index contributed by atoms with van der Waals surface area (Å²) in [5.74, 6) is 0.119. The van der Waals surface area contributed by atoms with Crippen molar-refractivity contribution in [3.63, 3.8) is 0 Å². The van der Waals surface area contributed by atoms with Gasteiger partial charge in [-0.25, -0.2) is 8.42 Å². The number of hydrogen-bond donors (Lipinski definition) is 2. The van der Waals surface area contributed by atoms with Gasteiger partial charge in [0.05, 0.1) is 10.3 Å². The van der Waals surface area contributed by atoms with Crippen molar-refractivity contribution in [3.05, 3.63) is 59.2 Å². The van der Waals surface area contributed by atoms with Gasteiger partial charge in [-0.15, -0.1) is 0 Å². The van der Waals surface area contributed by atoms with E-state index in [-0.39, 0.29) is 10.8 Å². The van der Waals surface area contributed by atoms with Crippen molar-refractivity contribution < 1.29 is 13.2 Å². The van der Waals surface area contributed by atoms with E-state index in [0.717, 1.165) is 42.4 Å². The standard InChI is InChI=1S/C23H28N2O3S/c1-16-7-12-21(17(2)15-16)29(27,28)25-20-10-8-18(9-11-20)23(13-14-23)22(26)24-19-5-3-4-6-19/h7-12,15,19,25H,3-6,13-14H2,1-2H3,(H,24,26). The molecule has 2 aromatic rings. The van der Waals surface area contributed by atoms with Crippen LogP contribution in [0, 0.1) is 13.8 Å². The molecule has 0 spiro atoms. The van der Waals surface area contributed by atoms with Crippen LogP contribution in [0.25, 0.3) is 0 Å². The van der Waals surface area contributed by atoms with Crippen LogP contribution >= 0.6 is 0 Å². The smallest absolute Gasteiger partial charge is 0.262 e. The van der Waals surface area contributed by atoms with Crippen LogP contribution in [-0.2, 0) is 20.2 Å². The number of aryl methyl sites for hydroxylation is 2. The molecule has 29 heavy (non-hydrogen) atoms. The van der Waals surface area contributed by atoms with Gasteiger partial charge in [0.15, 0.2) is 0 Å². The molecule has 2 fully saturated rings. The van der Waals surface area contributed by atoms with E-state index in [1.807, 2.05) is 25.1 Å². The summed E-state index contributed by atoms with van der Waals surface area (Å²) in [6.07, 6.45) is 6.21. The van der Waals surface area contributed by atoms with Gasteiger partial charge < -0.3 is 5.32 Å². The highest BCUT2D eigenvalue weighted by Gasteiger charge is 2.51. The van der Waals surface area contributed by atoms with Gasteiger partial charge in [-0.2, -0.15) is 0 Å². The minimum Gasteiger partial charge on any atom is -0.353 e. The van der Waals surface area contributed by atoms with Crippen molar-refractivity contribution in [3.8, 4) is 0 Å². The molecule has 0 unspecified atom stereocenters. The summed E-state index contributed by atoms with van der Waals surface area (Å²) >= 11 is 0. The fourth-order valence-corrected chi connectivity index (χ4v) is 5.62. The first-order valence-electron chi connectivity index (χ1n) is 10.3. The summed E-state index contributed by atoms with van der Waals surface area (Å²) in [6.45, 7) is 3.73. The second-order valence-corrected chi connectivity index (χ2v) is 10.1. The molecule has 2 aromatic carbocycles. The zero-order valence-corrected chi connectivity index (χ0v) is 17.8. The van der Waals surface area contributed by atoms with Crippen LogP contribution in [0.4, 0.5) is 5.69 Å². The van der Waals surface area contributed by atoms with Gasteiger partial charge in [0, 0.05) is 11.7 Å². The molecule has 2 N–H and O–H groups in total. The summed E-state index contributed by atoms with van der Waals surface area (Å²) in [4.78, 5) is 13.1. The Morgan fingerprint density at radius 1 is 1.00 bits per heavy atom. The van der Waals surface area contributed by atoms with Crippen LogP contribution < -0.4 is 10.0 Å². The maximum absolute atomic E-state index is 12.8. The first-order chi connectivity index (χ1) is 13.8. The molecule has 5 nitrogen and oxygen atoms in total. The van der Waals surface area contributed by atoms with Crippen LogP contribution in [-0.4, -0.2) is 20.4 Å². The quantitative estimate of drug-likeness (QED) is 0.747. The lowest BCUT2D eigenvalue weighted by atomic mass is 9.94. The molecule has 6 heteroatoms. The lowest BCUT2D eigenvalue weighted by Crippen LogP contribution is -2.40. The highest BCUT2D eigenvalue weighted by atomic mass is 32.2. The van der Waals surface area contributed by atoms with E-state index in [9.17, 15) is 13.2 Å². The summed E-state index contributed by atoms with van der Waals surface area (Å²) in [7, 11) is -3.65. The van der Waals surface area contributed by atoms with E-state index >= 15 is 0 Å². The topological polar surface area (TPSA) is 75.3 Å². The second-order valence-electron chi connectivity index (χ2n) is 8.49. The first-order valence-corrected chi connectivity index (χ1v) is 11.8. The number of anilines is 1. The lowest BCUT2D eigenvalue weighted by molar-refractivity contribution is -0.124. The minimum absolute atomic E-state index is 0.119. The van der Waals surface area contributed by atoms with E-state index in [4.69, 9.17) is 0 Å². The zero-order chi connectivity index (χ0) is 20.6. The number of carbonyl (C=O) groups is 1. The molecule has 0 radical (unpaired) electrons. The van der Waals surface area contributed by atoms with Gasteiger partial charge in [0.1, 0.15) is 0 Å². The van der Waals surface area contributed by atoms with E-state index < -0.39 is 15.4 Å². The Morgan fingerprint density at radius 2 is 1.66 bits per heavy atom. The molecule has 2 aliphatic carbocycles. The van der Waals surface area contributed by atoms with Crippen LogP contribution in [0.2, 0.25) is 0 Å². The number of amides is 1. The van der Waals surface area contributed by atoms with Crippen molar-refractivity contribution in [1.82, 2.24) is 5.32 Å². The van der Waals surface area contributed by atoms with Crippen LogP contribution in [0.15, 0.2) is 47.4 Å². The van der Waals surface area contributed by atoms with Crippen LogP contribution in [0.1, 0.15) is 55.2 Å². The lowest BCUT2D eigenvalue weighted by Gasteiger charge is -2.20. The minimum atomic E-state index is -3.65. The van der Waals surface area contributed by atoms with Crippen molar-refractivity contribution >= 4 is 21.6 Å². The van der Waals surface area contributed by atoms with E-state index in [1.54, 1.807) is 31.2 Å². The van der Waals surface area contributed by atoms with Crippen LogP contribution in [0.5, 0.6) is 0 Å². The predicted octanol–water partition coefficient (Wildman–Crippen LogP) is 4.19. The highest BCUT2D eigenvalue weighted by molar-refractivity contribution is 7.92. The molecule has 154 valence electrons. The fourth-order valence-electron chi connectivity index (χ4n) is 4.33. The van der Waals surface area contributed by atoms with Crippen molar-refractivity contribution in [1.29, 1.82) is 0 Å². The van der Waals surface area contributed by atoms with Gasteiger partial charge in [0.25, 0.3) is 10.0 Å². The molecular formula is C23H28N2O3S. The van der Waals surface area contributed by atoms with Gasteiger partial charge in [-0.05, 0) is 68.9 Å². The van der Waals surface area contributed by atoms with E-state index in [2.05, 4.69) is 10.0 Å². The number of sulfonamides is 1. The summed E-state index contributed by atoms with van der Waals surface area (Å²) < 4.78 is 28.2. The molecule has 0 bridgehead atoms. The molecule has 0 aliphatic heterocycles. The Kier molecular flexibility index (Phi) is 5.15. The van der Waals surface area contributed by atoms with Crippen molar-refractivity contribution in [2.45, 2.75) is 68.7 Å². The molecule has 0 atom stereocenters. The Balaban J connectivity index is 1.48. The molecule has 0 aromatic heterocycles. The third-order valence-electron chi connectivity index (χ3n) is 6.18. The molecular weight excluding hydrogens is 384 g/mol. The Labute approximate surface area is 173 Å². The molecule has 0 heterocycles. The van der Waals surface area contributed by atoms with E-state index in [0.29, 0.717) is 11.7 Å². The van der Waals surface area contributed by atoms with Gasteiger partial charge in [-0.3, -0.25) is 9.52 Å². The number of nitrogens with one attached hydrogen (secondary N) is 2. The van der Waals surface area contributed by atoms with Gasteiger partial charge >= 0.3 is 0 Å². The average molecular weight is 413 g/mol. The van der Waals surface area contributed by atoms with Gasteiger partial charge in [-0.1, -0.05) is 42.7 Å². The number of hydrogen-bond acceptors (Lipinski definition) is 3. The number of benzene rings is 2. The number of rotatable bonds is 6. The third-order valence-corrected chi connectivity index (χ3v) is 7.73. The largest absolute Gasteiger partial charge is 0.353 e. The van der Waals surface area contributed by atoms with E-state index in [1.165, 1.54) is 12.8 Å². The Bertz CT molecular complexity index is 1020. The normalized spacial score (nSPS) is 18.4. The first kappa shape index (κ1) is 20.0. The monoisotopic (exact) mass is 412 g/mol. The molecule has 2 saturated carbocycles. The zero-order valence-electron chi connectivity index (χ0n) is 17.0. The molecule has 0 saturated heterocycles. The SMILES string of the molecule is Cc1ccc(S(=O)(=O)Nc2ccc(C3(C(=O)NC4CCCC4)CC3)cc2)c(C)c1. The molecule has 4 rings (SSSR count). The Morgan fingerprint density at radius 3 is 2.24 bits per heavy atom. The summed E-state index contributed by atoms with van der Waals surface area (Å²) in [5, 5.41) is 3.21. The predicted molar refractivity (Wildman–Crippen MR) is 114 cm³/mol. The maximum atomic E-state index is 12.8. The number of carbonyl (C=O) groups excluding carboxylic acids is 1. The Hall–Kier alpha value is -2.34. The third kappa shape index (κ3) is 4.04. The maximum Gasteiger partial charge on any atom is 0.262 e. The molecule has 1 amide bonds. The van der Waals surface area contributed by atoms with Crippen molar-refractivity contribution in [2.24, 2.45) is 0 Å². The fraction of sp³-hybridized carbons (Fsp3) is 0.435. The van der Waals surface area contributed by atoms with Crippen LogP contribution in [0.3, 0.4) is 0 Å². The highest BCUT2D eigenvalue weighted by Crippen LogP contribution is 2.49. The van der Waals surface area contributed by atoms with Gasteiger partial charge in [0.2, 0.25) is 5.91 Å². The average Bonchev–Trinajstić information content (AvgIpc) is 3.32.